The largest absolute Gasteiger partial charge is 0.479 e. The number of nitrogens with one attached hydrogen (secondary N) is 1. The molecule has 3 N–H and O–H groups in total. The highest BCUT2D eigenvalue weighted by atomic mass is 16.4. The van der Waals surface area contributed by atoms with Gasteiger partial charge in [-0.15, -0.1) is 0 Å². The number of amides is 1. The maximum absolute atomic E-state index is 11.4. The van der Waals surface area contributed by atoms with E-state index < -0.39 is 12.1 Å². The van der Waals surface area contributed by atoms with Crippen molar-refractivity contribution in [2.45, 2.75) is 44.6 Å². The lowest BCUT2D eigenvalue weighted by molar-refractivity contribution is -0.146. The monoisotopic (exact) mass is 229 g/mol. The predicted molar refractivity (Wildman–Crippen MR) is 57.8 cm³/mol. The highest BCUT2D eigenvalue weighted by Crippen LogP contribution is 2.25. The van der Waals surface area contributed by atoms with Gasteiger partial charge in [-0.1, -0.05) is 19.3 Å². The van der Waals surface area contributed by atoms with Gasteiger partial charge in [-0.3, -0.25) is 4.79 Å². The summed E-state index contributed by atoms with van der Waals surface area (Å²) in [6, 6.07) is 0. The zero-order valence-corrected chi connectivity index (χ0v) is 9.32. The quantitative estimate of drug-likeness (QED) is 0.641. The Morgan fingerprint density at radius 2 is 1.88 bits per heavy atom. The van der Waals surface area contributed by atoms with Crippen LogP contribution in [0.5, 0.6) is 0 Å². The third-order valence-corrected chi connectivity index (χ3v) is 2.98. The van der Waals surface area contributed by atoms with Gasteiger partial charge in [-0.2, -0.15) is 0 Å². The maximum Gasteiger partial charge on any atom is 0.334 e. The molecule has 1 aliphatic rings. The fraction of sp³-hybridized carbons (Fsp3) is 0.818. The van der Waals surface area contributed by atoms with Crippen LogP contribution in [0.15, 0.2) is 0 Å². The van der Waals surface area contributed by atoms with E-state index in [-0.39, 0.29) is 12.5 Å². The van der Waals surface area contributed by atoms with Crippen molar-refractivity contribution in [3.63, 3.8) is 0 Å². The molecule has 0 radical (unpaired) electrons. The summed E-state index contributed by atoms with van der Waals surface area (Å²) in [6.07, 6.45) is 4.70. The van der Waals surface area contributed by atoms with Gasteiger partial charge >= 0.3 is 5.97 Å². The van der Waals surface area contributed by atoms with Crippen LogP contribution < -0.4 is 5.32 Å². The zero-order chi connectivity index (χ0) is 12.0. The van der Waals surface area contributed by atoms with Crippen LogP contribution in [0.4, 0.5) is 0 Å². The Labute approximate surface area is 94.8 Å². The summed E-state index contributed by atoms with van der Waals surface area (Å²) >= 11 is 0. The zero-order valence-electron chi connectivity index (χ0n) is 9.32. The number of aliphatic carboxylic acids is 1. The molecule has 16 heavy (non-hydrogen) atoms. The van der Waals surface area contributed by atoms with Gasteiger partial charge in [0.1, 0.15) is 0 Å². The van der Waals surface area contributed by atoms with Crippen LogP contribution in [0, 0.1) is 5.92 Å². The Bertz CT molecular complexity index is 248. The topological polar surface area (TPSA) is 86.6 Å². The molecule has 0 bridgehead atoms. The van der Waals surface area contributed by atoms with Crippen molar-refractivity contribution in [3.8, 4) is 0 Å². The predicted octanol–water partition coefficient (Wildman–Crippen LogP) is 0.518. The summed E-state index contributed by atoms with van der Waals surface area (Å²) in [5, 5.41) is 19.8. The highest BCUT2D eigenvalue weighted by Gasteiger charge is 2.18. The number of carbonyl (C=O) groups excluding carboxylic acids is 1. The van der Waals surface area contributed by atoms with Gasteiger partial charge < -0.3 is 15.5 Å². The number of rotatable bonds is 5. The second-order valence-corrected chi connectivity index (χ2v) is 4.37. The second kappa shape index (κ2) is 6.48. The third kappa shape index (κ3) is 4.61. The lowest BCUT2D eigenvalue weighted by atomic mass is 9.87. The first-order valence-electron chi connectivity index (χ1n) is 5.77. The number of aliphatic hydroxyl groups excluding tert-OH is 1. The van der Waals surface area contributed by atoms with Crippen LogP contribution in [-0.4, -0.2) is 34.7 Å². The Hall–Kier alpha value is -1.10. The Morgan fingerprint density at radius 3 is 2.44 bits per heavy atom. The minimum Gasteiger partial charge on any atom is -0.479 e. The van der Waals surface area contributed by atoms with E-state index in [2.05, 4.69) is 5.32 Å². The molecular weight excluding hydrogens is 210 g/mol. The van der Waals surface area contributed by atoms with Crippen molar-refractivity contribution in [2.24, 2.45) is 5.92 Å². The standard InChI is InChI=1S/C11H19NO4/c13-9(11(15)16)7-12-10(14)6-8-4-2-1-3-5-8/h8-9,13H,1-7H2,(H,12,14)(H,15,16). The molecule has 0 saturated heterocycles. The molecule has 0 aromatic carbocycles. The first-order chi connectivity index (χ1) is 7.59. The van der Waals surface area contributed by atoms with Gasteiger partial charge in [0.05, 0.1) is 6.54 Å². The van der Waals surface area contributed by atoms with E-state index in [0.29, 0.717) is 12.3 Å². The number of hydrogen-bond donors (Lipinski definition) is 3. The first kappa shape index (κ1) is 13.0. The molecule has 1 saturated carbocycles. The molecule has 1 atom stereocenters. The van der Waals surface area contributed by atoms with E-state index in [4.69, 9.17) is 10.2 Å². The van der Waals surface area contributed by atoms with Gasteiger partial charge in [0.25, 0.3) is 0 Å². The molecular formula is C11H19NO4. The molecule has 1 rings (SSSR count). The van der Waals surface area contributed by atoms with Crippen LogP contribution in [-0.2, 0) is 9.59 Å². The normalized spacial score (nSPS) is 19.1. The molecule has 1 aliphatic carbocycles. The van der Waals surface area contributed by atoms with Gasteiger partial charge in [0, 0.05) is 6.42 Å². The van der Waals surface area contributed by atoms with Crippen LogP contribution >= 0.6 is 0 Å². The number of carboxylic acids is 1. The molecule has 1 amide bonds. The molecule has 0 aromatic heterocycles. The van der Waals surface area contributed by atoms with E-state index >= 15 is 0 Å². The summed E-state index contributed by atoms with van der Waals surface area (Å²) in [6.45, 7) is -0.207. The average Bonchev–Trinajstić information content (AvgIpc) is 2.27. The minimum absolute atomic E-state index is 0.160. The number of carboxylic acid groups (broad SMARTS) is 1. The lowest BCUT2D eigenvalue weighted by Crippen LogP contribution is -2.37. The smallest absolute Gasteiger partial charge is 0.334 e. The van der Waals surface area contributed by atoms with Crippen molar-refractivity contribution >= 4 is 11.9 Å². The van der Waals surface area contributed by atoms with E-state index in [1.54, 1.807) is 0 Å². The summed E-state index contributed by atoms with van der Waals surface area (Å²) in [7, 11) is 0. The van der Waals surface area contributed by atoms with Gasteiger partial charge in [-0.25, -0.2) is 4.79 Å². The molecule has 5 nitrogen and oxygen atoms in total. The average molecular weight is 229 g/mol. The molecule has 0 aromatic rings. The van der Waals surface area contributed by atoms with Crippen molar-refractivity contribution in [2.75, 3.05) is 6.54 Å². The Morgan fingerprint density at radius 1 is 1.25 bits per heavy atom. The fourth-order valence-corrected chi connectivity index (χ4v) is 2.02. The van der Waals surface area contributed by atoms with E-state index in [9.17, 15) is 9.59 Å². The molecule has 0 heterocycles. The molecule has 92 valence electrons. The SMILES string of the molecule is O=C(CC1CCCCC1)NCC(O)C(=O)O. The fourth-order valence-electron chi connectivity index (χ4n) is 2.02. The first-order valence-corrected chi connectivity index (χ1v) is 5.77. The van der Waals surface area contributed by atoms with Crippen LogP contribution in [0.2, 0.25) is 0 Å². The molecule has 1 fully saturated rings. The third-order valence-electron chi connectivity index (χ3n) is 2.98. The maximum atomic E-state index is 11.4. The summed E-state index contributed by atoms with van der Waals surface area (Å²) in [4.78, 5) is 21.7. The van der Waals surface area contributed by atoms with Crippen LogP contribution in [0.25, 0.3) is 0 Å². The number of carbonyl (C=O) groups is 2. The van der Waals surface area contributed by atoms with Gasteiger partial charge in [0.2, 0.25) is 5.91 Å². The highest BCUT2D eigenvalue weighted by molar-refractivity contribution is 5.78. The number of aliphatic hydroxyl groups is 1. The van der Waals surface area contributed by atoms with Crippen molar-refractivity contribution in [3.05, 3.63) is 0 Å². The van der Waals surface area contributed by atoms with Crippen molar-refractivity contribution in [1.82, 2.24) is 5.32 Å². The lowest BCUT2D eigenvalue weighted by Gasteiger charge is -2.20. The van der Waals surface area contributed by atoms with Crippen LogP contribution in [0.1, 0.15) is 38.5 Å². The molecule has 5 heteroatoms. The molecule has 1 unspecified atom stereocenters. The van der Waals surface area contributed by atoms with E-state index in [0.717, 1.165) is 12.8 Å². The minimum atomic E-state index is -1.50. The van der Waals surface area contributed by atoms with Crippen molar-refractivity contribution < 1.29 is 19.8 Å². The number of hydrogen-bond acceptors (Lipinski definition) is 3. The van der Waals surface area contributed by atoms with Gasteiger partial charge in [0.15, 0.2) is 6.10 Å². The summed E-state index contributed by atoms with van der Waals surface area (Å²) in [5.41, 5.74) is 0. The second-order valence-electron chi connectivity index (χ2n) is 4.37. The van der Waals surface area contributed by atoms with E-state index in [1.165, 1.54) is 19.3 Å². The molecule has 0 spiro atoms. The Balaban J connectivity index is 2.17. The van der Waals surface area contributed by atoms with E-state index in [1.807, 2.05) is 0 Å². The summed E-state index contributed by atoms with van der Waals surface area (Å²) in [5.74, 6) is -1.04. The molecule has 0 aliphatic heterocycles. The van der Waals surface area contributed by atoms with Crippen LogP contribution in [0.3, 0.4) is 0 Å². The Kier molecular flexibility index (Phi) is 5.25. The summed E-state index contributed by atoms with van der Waals surface area (Å²) < 4.78 is 0. The van der Waals surface area contributed by atoms with Crippen molar-refractivity contribution in [1.29, 1.82) is 0 Å². The van der Waals surface area contributed by atoms with Gasteiger partial charge in [-0.05, 0) is 18.8 Å².